The molecule has 274 valence electrons. The quantitative estimate of drug-likeness (QED) is 0.101. The lowest BCUT2D eigenvalue weighted by Crippen LogP contribution is -2.69. The number of hydrogen-bond donors (Lipinski definition) is 13. The molecule has 4 saturated heterocycles. The van der Waals surface area contributed by atoms with Crippen molar-refractivity contribution in [1.82, 2.24) is 5.32 Å². The van der Waals surface area contributed by atoms with E-state index in [0.717, 1.165) is 6.92 Å². The smallest absolute Gasteiger partial charge is 0.217 e. The summed E-state index contributed by atoms with van der Waals surface area (Å²) in [5, 5.41) is 127. The van der Waals surface area contributed by atoms with Gasteiger partial charge in [-0.3, -0.25) is 4.79 Å². The summed E-state index contributed by atoms with van der Waals surface area (Å²) >= 11 is 0. The summed E-state index contributed by atoms with van der Waals surface area (Å²) in [5.41, 5.74) is 0. The Bertz CT molecular complexity index is 1010. The number of carbonyl (C=O) groups is 1. The Hall–Kier alpha value is -1.29. The maximum atomic E-state index is 12.0. The Balaban J connectivity index is 1.73. The van der Waals surface area contributed by atoms with E-state index in [1.165, 1.54) is 6.92 Å². The van der Waals surface area contributed by atoms with E-state index in [9.17, 15) is 66.1 Å². The van der Waals surface area contributed by atoms with E-state index in [1.54, 1.807) is 0 Å². The van der Waals surface area contributed by atoms with Crippen molar-refractivity contribution in [3.63, 3.8) is 0 Å². The van der Waals surface area contributed by atoms with E-state index >= 15 is 0 Å². The fraction of sp³-hybridized carbons (Fsp3) is 0.962. The van der Waals surface area contributed by atoms with Gasteiger partial charge in [0.05, 0.1) is 25.9 Å². The van der Waals surface area contributed by atoms with Crippen LogP contribution in [-0.2, 0) is 38.0 Å². The lowest BCUT2D eigenvalue weighted by molar-refractivity contribution is -0.400. The van der Waals surface area contributed by atoms with Gasteiger partial charge in [0, 0.05) is 6.92 Å². The topological polar surface area (TPSA) is 336 Å². The third-order valence-corrected chi connectivity index (χ3v) is 8.57. The highest BCUT2D eigenvalue weighted by Crippen LogP contribution is 2.35. The number of aliphatic hydroxyl groups is 12. The molecule has 4 aliphatic rings. The van der Waals surface area contributed by atoms with Gasteiger partial charge in [0.2, 0.25) is 5.91 Å². The van der Waals surface area contributed by atoms with Crippen LogP contribution in [0.1, 0.15) is 13.8 Å². The van der Waals surface area contributed by atoms with Gasteiger partial charge in [-0.2, -0.15) is 0 Å². The van der Waals surface area contributed by atoms with Crippen molar-refractivity contribution in [3.8, 4) is 0 Å². The molecule has 21 heteroatoms. The van der Waals surface area contributed by atoms with Crippen molar-refractivity contribution >= 4 is 5.91 Å². The van der Waals surface area contributed by atoms with Crippen molar-refractivity contribution in [2.75, 3.05) is 19.8 Å². The van der Waals surface area contributed by atoms with Crippen LogP contribution in [0.5, 0.6) is 0 Å². The third-order valence-electron chi connectivity index (χ3n) is 8.57. The average Bonchev–Trinajstić information content (AvgIpc) is 3.04. The number of carbonyl (C=O) groups excluding carboxylic acids is 1. The molecule has 0 aromatic heterocycles. The molecule has 1 amide bonds. The van der Waals surface area contributed by atoms with Gasteiger partial charge in [0.25, 0.3) is 0 Å². The minimum atomic E-state index is -1.99. The summed E-state index contributed by atoms with van der Waals surface area (Å²) < 4.78 is 39.5. The summed E-state index contributed by atoms with van der Waals surface area (Å²) in [4.78, 5) is 12.0. The normalized spacial score (nSPS) is 51.0. The Labute approximate surface area is 267 Å². The fourth-order valence-electron chi connectivity index (χ4n) is 5.86. The second-order valence-corrected chi connectivity index (χ2v) is 11.9. The summed E-state index contributed by atoms with van der Waals surface area (Å²) in [6.07, 6.45) is -33.2. The van der Waals surface area contributed by atoms with Crippen LogP contribution < -0.4 is 5.32 Å². The van der Waals surface area contributed by atoms with Crippen LogP contribution >= 0.6 is 0 Å². The van der Waals surface area contributed by atoms with Crippen molar-refractivity contribution in [3.05, 3.63) is 0 Å². The first-order valence-electron chi connectivity index (χ1n) is 15.0. The molecule has 4 fully saturated rings. The summed E-state index contributed by atoms with van der Waals surface area (Å²) in [6.45, 7) is -0.153. The molecule has 20 atom stereocenters. The van der Waals surface area contributed by atoms with E-state index in [4.69, 9.17) is 33.2 Å². The monoisotopic (exact) mass is 691 g/mol. The maximum absolute atomic E-state index is 12.0. The second kappa shape index (κ2) is 16.2. The van der Waals surface area contributed by atoms with Gasteiger partial charge in [-0.15, -0.1) is 0 Å². The van der Waals surface area contributed by atoms with Crippen molar-refractivity contribution in [1.29, 1.82) is 0 Å². The Morgan fingerprint density at radius 1 is 0.553 bits per heavy atom. The molecule has 0 spiro atoms. The van der Waals surface area contributed by atoms with E-state index in [-0.39, 0.29) is 0 Å². The standard InChI is InChI=1S/C26H45NO20/c1-6-12(32)16(36)18(38)24(41-6)47-22-21(46-25-19(39)17(37)13(33)8(3-28)43-25)15(35)10(5-30)44-26(22)45-20-11(27-7(2)31)23(40)42-9(4-29)14(20)34/h6,8-26,28-30,32-40H,3-5H2,1-2H3,(H,27,31)/t6-,8-,9-,10-,11-,12+,13+,14-,15+,16+,17+,18-,19-,20-,21+,22-,23?,24-,25-,26+/m1/s1. The Kier molecular flexibility index (Phi) is 13.2. The van der Waals surface area contributed by atoms with Crippen molar-refractivity contribution in [2.45, 2.75) is 137 Å². The molecule has 0 aromatic rings. The molecule has 4 aliphatic heterocycles. The summed E-state index contributed by atoms with van der Waals surface area (Å²) in [7, 11) is 0. The van der Waals surface area contributed by atoms with Crippen LogP contribution in [-0.4, -0.2) is 210 Å². The van der Waals surface area contributed by atoms with E-state index in [1.807, 2.05) is 0 Å². The summed E-state index contributed by atoms with van der Waals surface area (Å²) in [6, 6.07) is -1.52. The first-order chi connectivity index (χ1) is 22.1. The highest BCUT2D eigenvalue weighted by molar-refractivity contribution is 5.73. The molecule has 47 heavy (non-hydrogen) atoms. The third kappa shape index (κ3) is 8.04. The SMILES string of the molecule is CC(=O)N[C@H]1C(O)O[C@H](CO)[C@@H](O)[C@@H]1O[C@@H]1O[C@H](CO)[C@H](O)[C@H](O[C@H]2O[C@H](CO)[C@H](O)[C@H](O)[C@H]2O)[C@H]1O[C@H]1O[C@H](C)[C@H](O)[C@H](O)[C@H]1O. The van der Waals surface area contributed by atoms with Crippen molar-refractivity contribution in [2.24, 2.45) is 0 Å². The minimum Gasteiger partial charge on any atom is -0.394 e. The highest BCUT2D eigenvalue weighted by Gasteiger charge is 2.56. The second-order valence-electron chi connectivity index (χ2n) is 11.9. The number of rotatable bonds is 10. The van der Waals surface area contributed by atoms with E-state index in [2.05, 4.69) is 5.32 Å². The molecule has 21 nitrogen and oxygen atoms in total. The zero-order valence-corrected chi connectivity index (χ0v) is 25.3. The summed E-state index contributed by atoms with van der Waals surface area (Å²) in [5.74, 6) is -0.703. The Morgan fingerprint density at radius 2 is 1.00 bits per heavy atom. The predicted octanol–water partition coefficient (Wildman–Crippen LogP) is -8.58. The predicted molar refractivity (Wildman–Crippen MR) is 144 cm³/mol. The fourth-order valence-corrected chi connectivity index (χ4v) is 5.86. The van der Waals surface area contributed by atoms with Gasteiger partial charge in [0.15, 0.2) is 25.2 Å². The largest absolute Gasteiger partial charge is 0.394 e. The number of aliphatic hydroxyl groups excluding tert-OH is 12. The molecule has 4 rings (SSSR count). The van der Waals surface area contributed by atoms with Gasteiger partial charge >= 0.3 is 0 Å². The van der Waals surface area contributed by atoms with E-state index in [0.29, 0.717) is 0 Å². The van der Waals surface area contributed by atoms with Gasteiger partial charge in [0.1, 0.15) is 91.5 Å². The van der Waals surface area contributed by atoms with Crippen molar-refractivity contribution < 1.29 is 99.2 Å². The lowest BCUT2D eigenvalue weighted by atomic mass is 9.94. The molecule has 0 saturated carbocycles. The maximum Gasteiger partial charge on any atom is 0.217 e. The van der Waals surface area contributed by atoms with Gasteiger partial charge < -0.3 is 99.8 Å². The molecule has 0 aromatic carbocycles. The average molecular weight is 692 g/mol. The van der Waals surface area contributed by atoms with Crippen LogP contribution in [0.3, 0.4) is 0 Å². The van der Waals surface area contributed by atoms with Gasteiger partial charge in [-0.1, -0.05) is 0 Å². The van der Waals surface area contributed by atoms with E-state index < -0.39 is 148 Å². The minimum absolute atomic E-state index is 0.703. The van der Waals surface area contributed by atoms with Gasteiger partial charge in [-0.25, -0.2) is 0 Å². The molecule has 4 heterocycles. The highest BCUT2D eigenvalue weighted by atomic mass is 16.8. The number of hydrogen-bond acceptors (Lipinski definition) is 20. The molecule has 1 unspecified atom stereocenters. The molecular weight excluding hydrogens is 646 g/mol. The van der Waals surface area contributed by atoms with Crippen LogP contribution in [0.15, 0.2) is 0 Å². The zero-order chi connectivity index (χ0) is 34.9. The van der Waals surface area contributed by atoms with Crippen LogP contribution in [0.25, 0.3) is 0 Å². The molecule has 13 N–H and O–H groups in total. The molecule has 0 radical (unpaired) electrons. The zero-order valence-electron chi connectivity index (χ0n) is 25.3. The number of nitrogens with one attached hydrogen (secondary N) is 1. The first-order valence-corrected chi connectivity index (χ1v) is 15.0. The molecule has 0 aliphatic carbocycles. The number of ether oxygens (including phenoxy) is 7. The van der Waals surface area contributed by atoms with Crippen LogP contribution in [0, 0.1) is 0 Å². The van der Waals surface area contributed by atoms with Crippen LogP contribution in [0.2, 0.25) is 0 Å². The van der Waals surface area contributed by atoms with Crippen LogP contribution in [0.4, 0.5) is 0 Å². The number of amides is 1. The van der Waals surface area contributed by atoms with Gasteiger partial charge in [-0.05, 0) is 6.92 Å². The molecular formula is C26H45NO20. The lowest BCUT2D eigenvalue weighted by Gasteiger charge is -2.50. The first kappa shape index (κ1) is 38.5. The molecule has 0 bridgehead atoms. The Morgan fingerprint density at radius 3 is 1.57 bits per heavy atom.